The van der Waals surface area contributed by atoms with Crippen LogP contribution in [0.25, 0.3) is 11.0 Å². The Hall–Kier alpha value is -1.89. The van der Waals surface area contributed by atoms with E-state index < -0.39 is 0 Å². The Morgan fingerprint density at radius 1 is 1.58 bits per heavy atom. The van der Waals surface area contributed by atoms with E-state index in [0.29, 0.717) is 0 Å². The van der Waals surface area contributed by atoms with Gasteiger partial charge in [-0.25, -0.2) is 9.97 Å². The van der Waals surface area contributed by atoms with Gasteiger partial charge in [-0.05, 0) is 13.0 Å². The highest BCUT2D eigenvalue weighted by molar-refractivity contribution is 5.75. The van der Waals surface area contributed by atoms with E-state index >= 15 is 0 Å². The molecule has 0 aromatic carbocycles. The summed E-state index contributed by atoms with van der Waals surface area (Å²) in [4.78, 5) is 10.9. The summed E-state index contributed by atoms with van der Waals surface area (Å²) < 4.78 is 0. The van der Waals surface area contributed by atoms with E-state index in [1.54, 1.807) is 6.20 Å². The molecule has 0 aliphatic rings. The zero-order chi connectivity index (χ0) is 8.55. The van der Waals surface area contributed by atoms with Crippen molar-refractivity contribution in [3.05, 3.63) is 23.8 Å². The number of hydrogen-bond donors (Lipinski definition) is 1. The lowest BCUT2D eigenvalue weighted by Gasteiger charge is -1.87. The first-order valence-electron chi connectivity index (χ1n) is 3.52. The van der Waals surface area contributed by atoms with Gasteiger partial charge >= 0.3 is 0 Å². The van der Waals surface area contributed by atoms with Crippen LogP contribution in [0, 0.1) is 18.3 Å². The Morgan fingerprint density at radius 3 is 3.17 bits per heavy atom. The third-order valence-corrected chi connectivity index (χ3v) is 1.60. The first-order valence-corrected chi connectivity index (χ1v) is 3.52. The van der Waals surface area contributed by atoms with E-state index in [-0.39, 0.29) is 5.82 Å². The van der Waals surface area contributed by atoms with Gasteiger partial charge in [0, 0.05) is 17.3 Å². The lowest BCUT2D eigenvalue weighted by Crippen LogP contribution is -1.87. The SMILES string of the molecule is Cc1cc2cnc(C#N)nc2[nH]1. The second-order valence-electron chi connectivity index (χ2n) is 2.56. The zero-order valence-corrected chi connectivity index (χ0v) is 6.50. The van der Waals surface area contributed by atoms with E-state index in [2.05, 4.69) is 15.0 Å². The second-order valence-corrected chi connectivity index (χ2v) is 2.56. The van der Waals surface area contributed by atoms with Crippen molar-refractivity contribution in [3.8, 4) is 6.07 Å². The molecule has 0 bridgehead atoms. The number of hydrogen-bond acceptors (Lipinski definition) is 3. The largest absolute Gasteiger partial charge is 0.343 e. The van der Waals surface area contributed by atoms with Gasteiger partial charge in [-0.1, -0.05) is 0 Å². The maximum absolute atomic E-state index is 8.51. The van der Waals surface area contributed by atoms with Crippen LogP contribution in [0.15, 0.2) is 12.3 Å². The summed E-state index contributed by atoms with van der Waals surface area (Å²) in [5, 5.41) is 9.45. The van der Waals surface area contributed by atoms with Crippen LogP contribution in [0.3, 0.4) is 0 Å². The minimum atomic E-state index is 0.198. The number of rotatable bonds is 0. The Balaban J connectivity index is 2.77. The Morgan fingerprint density at radius 2 is 2.42 bits per heavy atom. The average molecular weight is 158 g/mol. The Kier molecular flexibility index (Phi) is 1.31. The molecule has 2 heterocycles. The average Bonchev–Trinajstić information content (AvgIpc) is 2.43. The fourth-order valence-electron chi connectivity index (χ4n) is 1.11. The summed E-state index contributed by atoms with van der Waals surface area (Å²) in [6.07, 6.45) is 1.64. The van der Waals surface area contributed by atoms with Crippen molar-refractivity contribution in [3.63, 3.8) is 0 Å². The van der Waals surface area contributed by atoms with Crippen molar-refractivity contribution in [2.75, 3.05) is 0 Å². The molecule has 0 spiro atoms. The third-order valence-electron chi connectivity index (χ3n) is 1.60. The van der Waals surface area contributed by atoms with Gasteiger partial charge in [0.25, 0.3) is 0 Å². The number of nitriles is 1. The predicted octanol–water partition coefficient (Wildman–Crippen LogP) is 1.14. The topological polar surface area (TPSA) is 65.4 Å². The molecule has 0 aliphatic heterocycles. The van der Waals surface area contributed by atoms with E-state index in [1.165, 1.54) is 0 Å². The maximum Gasteiger partial charge on any atom is 0.234 e. The normalized spacial score (nSPS) is 10.0. The number of aryl methyl sites for hydroxylation is 1. The standard InChI is InChI=1S/C8H6N4/c1-5-2-6-4-10-7(3-9)12-8(6)11-5/h2,4H,1H3,(H,10,11,12). The number of H-pyrrole nitrogens is 1. The first-order chi connectivity index (χ1) is 5.79. The number of fused-ring (bicyclic) bond motifs is 1. The molecule has 58 valence electrons. The van der Waals surface area contributed by atoms with Crippen LogP contribution in [0.1, 0.15) is 11.5 Å². The van der Waals surface area contributed by atoms with Gasteiger partial charge in [0.2, 0.25) is 5.82 Å². The number of nitrogens with zero attached hydrogens (tertiary/aromatic N) is 3. The van der Waals surface area contributed by atoms with Crippen LogP contribution < -0.4 is 0 Å². The van der Waals surface area contributed by atoms with Gasteiger partial charge in [0.1, 0.15) is 11.7 Å². The van der Waals surface area contributed by atoms with Gasteiger partial charge in [-0.15, -0.1) is 0 Å². The summed E-state index contributed by atoms with van der Waals surface area (Å²) in [7, 11) is 0. The summed E-state index contributed by atoms with van der Waals surface area (Å²) in [5.41, 5.74) is 1.74. The van der Waals surface area contributed by atoms with Gasteiger partial charge in [-0.3, -0.25) is 0 Å². The molecule has 4 nitrogen and oxygen atoms in total. The number of nitrogens with one attached hydrogen (secondary N) is 1. The first kappa shape index (κ1) is 6.80. The maximum atomic E-state index is 8.51. The van der Waals surface area contributed by atoms with Crippen LogP contribution in [-0.4, -0.2) is 15.0 Å². The lowest BCUT2D eigenvalue weighted by atomic mass is 10.4. The van der Waals surface area contributed by atoms with Gasteiger partial charge in [-0.2, -0.15) is 5.26 Å². The predicted molar refractivity (Wildman–Crippen MR) is 43.3 cm³/mol. The van der Waals surface area contributed by atoms with Crippen LogP contribution in [0.4, 0.5) is 0 Å². The zero-order valence-electron chi connectivity index (χ0n) is 6.50. The molecule has 1 N–H and O–H groups in total. The van der Waals surface area contributed by atoms with Crippen molar-refractivity contribution < 1.29 is 0 Å². The van der Waals surface area contributed by atoms with E-state index in [0.717, 1.165) is 16.7 Å². The highest BCUT2D eigenvalue weighted by Gasteiger charge is 2.00. The van der Waals surface area contributed by atoms with Gasteiger partial charge in [0.15, 0.2) is 0 Å². The molecule has 0 atom stereocenters. The van der Waals surface area contributed by atoms with Crippen molar-refractivity contribution in [2.24, 2.45) is 0 Å². The minimum Gasteiger partial charge on any atom is -0.343 e. The Labute approximate surface area is 68.9 Å². The van der Waals surface area contributed by atoms with Crippen molar-refractivity contribution in [2.45, 2.75) is 6.92 Å². The van der Waals surface area contributed by atoms with Crippen molar-refractivity contribution >= 4 is 11.0 Å². The van der Waals surface area contributed by atoms with Gasteiger partial charge < -0.3 is 4.98 Å². The Bertz CT molecular complexity index is 463. The quantitative estimate of drug-likeness (QED) is 0.625. The molecule has 0 aliphatic carbocycles. The van der Waals surface area contributed by atoms with Gasteiger partial charge in [0.05, 0.1) is 0 Å². The van der Waals surface area contributed by atoms with Crippen molar-refractivity contribution in [1.29, 1.82) is 5.26 Å². The molecule has 2 rings (SSSR count). The molecule has 4 heteroatoms. The fourth-order valence-corrected chi connectivity index (χ4v) is 1.11. The van der Waals surface area contributed by atoms with E-state index in [4.69, 9.17) is 5.26 Å². The molecule has 0 unspecified atom stereocenters. The van der Waals surface area contributed by atoms with Crippen LogP contribution >= 0.6 is 0 Å². The number of aromatic nitrogens is 3. The van der Waals surface area contributed by atoms with E-state index in [9.17, 15) is 0 Å². The molecule has 0 amide bonds. The summed E-state index contributed by atoms with van der Waals surface area (Å²) >= 11 is 0. The summed E-state index contributed by atoms with van der Waals surface area (Å²) in [5.74, 6) is 0.198. The van der Waals surface area contributed by atoms with Crippen LogP contribution in [0.2, 0.25) is 0 Å². The summed E-state index contributed by atoms with van der Waals surface area (Å²) in [6, 6.07) is 3.83. The molecular weight excluding hydrogens is 152 g/mol. The lowest BCUT2D eigenvalue weighted by molar-refractivity contribution is 1.14. The second kappa shape index (κ2) is 2.31. The highest BCUT2D eigenvalue weighted by atomic mass is 14.9. The molecular formula is C8H6N4. The van der Waals surface area contributed by atoms with Crippen LogP contribution in [-0.2, 0) is 0 Å². The monoisotopic (exact) mass is 158 g/mol. The van der Waals surface area contributed by atoms with Crippen LogP contribution in [0.5, 0.6) is 0 Å². The highest BCUT2D eigenvalue weighted by Crippen LogP contribution is 2.10. The molecule has 0 radical (unpaired) electrons. The fraction of sp³-hybridized carbons (Fsp3) is 0.125. The number of aromatic amines is 1. The molecule has 0 saturated heterocycles. The molecule has 2 aromatic rings. The molecule has 12 heavy (non-hydrogen) atoms. The molecule has 0 saturated carbocycles. The molecule has 2 aromatic heterocycles. The van der Waals surface area contributed by atoms with E-state index in [1.807, 2.05) is 19.1 Å². The minimum absolute atomic E-state index is 0.198. The molecule has 0 fully saturated rings. The third kappa shape index (κ3) is 0.920. The summed E-state index contributed by atoms with van der Waals surface area (Å²) in [6.45, 7) is 1.94. The smallest absolute Gasteiger partial charge is 0.234 e. The van der Waals surface area contributed by atoms with Crippen molar-refractivity contribution in [1.82, 2.24) is 15.0 Å².